The molecule has 0 bridgehead atoms. The van der Waals surface area contributed by atoms with E-state index < -0.39 is 10.0 Å². The van der Waals surface area contributed by atoms with Crippen LogP contribution in [0.15, 0.2) is 59.5 Å². The number of piperidine rings is 1. The second-order valence-corrected chi connectivity index (χ2v) is 11.6. The van der Waals surface area contributed by atoms with Crippen molar-refractivity contribution in [3.8, 4) is 0 Å². The first-order valence-electron chi connectivity index (χ1n) is 12.5. The van der Waals surface area contributed by atoms with Gasteiger partial charge in [0.25, 0.3) is 0 Å². The molecular formula is C27H37N3O3S. The molecule has 2 aromatic rings. The second kappa shape index (κ2) is 11.5. The van der Waals surface area contributed by atoms with Crippen LogP contribution in [0.2, 0.25) is 0 Å². The Morgan fingerprint density at radius 1 is 1.00 bits per heavy atom. The van der Waals surface area contributed by atoms with Gasteiger partial charge in [-0.3, -0.25) is 4.79 Å². The van der Waals surface area contributed by atoms with Crippen LogP contribution < -0.4 is 15.4 Å². The SMILES string of the molecule is Cc1ccc(S(=O)(=O)NC2CNC[C@@H](C(=O)NCC(c3ccccc3)C3CCCCC3)C2)cc1. The van der Waals surface area contributed by atoms with Gasteiger partial charge in [0.15, 0.2) is 0 Å². The first-order chi connectivity index (χ1) is 16.4. The number of sulfonamides is 1. The summed E-state index contributed by atoms with van der Waals surface area (Å²) >= 11 is 0. The number of benzene rings is 2. The topological polar surface area (TPSA) is 87.3 Å². The third kappa shape index (κ3) is 6.46. The number of carbonyl (C=O) groups is 1. The third-order valence-corrected chi connectivity index (χ3v) is 8.85. The molecule has 6 nitrogen and oxygen atoms in total. The Labute approximate surface area is 204 Å². The summed E-state index contributed by atoms with van der Waals surface area (Å²) in [6, 6.07) is 17.0. The largest absolute Gasteiger partial charge is 0.355 e. The molecule has 0 aromatic heterocycles. The zero-order valence-electron chi connectivity index (χ0n) is 20.0. The molecule has 1 saturated carbocycles. The van der Waals surface area contributed by atoms with Crippen LogP contribution in [0, 0.1) is 18.8 Å². The van der Waals surface area contributed by atoms with Crippen molar-refractivity contribution >= 4 is 15.9 Å². The van der Waals surface area contributed by atoms with Crippen molar-refractivity contribution in [1.29, 1.82) is 0 Å². The van der Waals surface area contributed by atoms with Crippen LogP contribution in [-0.2, 0) is 14.8 Å². The maximum Gasteiger partial charge on any atom is 0.240 e. The molecule has 1 aliphatic heterocycles. The highest BCUT2D eigenvalue weighted by atomic mass is 32.2. The number of hydrogen-bond donors (Lipinski definition) is 3. The molecule has 3 atom stereocenters. The van der Waals surface area contributed by atoms with Gasteiger partial charge in [-0.15, -0.1) is 0 Å². The van der Waals surface area contributed by atoms with Gasteiger partial charge in [0.1, 0.15) is 0 Å². The smallest absolute Gasteiger partial charge is 0.240 e. The fourth-order valence-electron chi connectivity index (χ4n) is 5.38. The van der Waals surface area contributed by atoms with Crippen molar-refractivity contribution in [3.05, 3.63) is 65.7 Å². The molecular weight excluding hydrogens is 446 g/mol. The maximum absolute atomic E-state index is 13.1. The van der Waals surface area contributed by atoms with Crippen LogP contribution in [0.4, 0.5) is 0 Å². The molecule has 34 heavy (non-hydrogen) atoms. The minimum Gasteiger partial charge on any atom is -0.355 e. The van der Waals surface area contributed by atoms with E-state index in [-0.39, 0.29) is 22.8 Å². The number of carbonyl (C=O) groups excluding carboxylic acids is 1. The Balaban J connectivity index is 1.36. The first-order valence-corrected chi connectivity index (χ1v) is 14.0. The average Bonchev–Trinajstić information content (AvgIpc) is 2.85. The number of hydrogen-bond acceptors (Lipinski definition) is 4. The molecule has 2 fully saturated rings. The molecule has 1 aliphatic carbocycles. The monoisotopic (exact) mass is 483 g/mol. The van der Waals surface area contributed by atoms with Crippen molar-refractivity contribution in [1.82, 2.24) is 15.4 Å². The van der Waals surface area contributed by atoms with Crippen LogP contribution in [0.3, 0.4) is 0 Å². The van der Waals surface area contributed by atoms with E-state index in [2.05, 4.69) is 39.6 Å². The molecule has 3 N–H and O–H groups in total. The Hall–Kier alpha value is -2.22. The highest BCUT2D eigenvalue weighted by Crippen LogP contribution is 2.35. The minimum atomic E-state index is -3.62. The fraction of sp³-hybridized carbons (Fsp3) is 0.519. The summed E-state index contributed by atoms with van der Waals surface area (Å²) in [6.07, 6.45) is 6.74. The van der Waals surface area contributed by atoms with Gasteiger partial charge in [0, 0.05) is 31.6 Å². The second-order valence-electron chi connectivity index (χ2n) is 9.88. The van der Waals surface area contributed by atoms with Gasteiger partial charge in [0.05, 0.1) is 10.8 Å². The predicted octanol–water partition coefficient (Wildman–Crippen LogP) is 3.73. The quantitative estimate of drug-likeness (QED) is 0.534. The summed E-state index contributed by atoms with van der Waals surface area (Å²) in [5, 5.41) is 6.46. The molecule has 2 unspecified atom stereocenters. The van der Waals surface area contributed by atoms with E-state index in [1.165, 1.54) is 37.7 Å². The van der Waals surface area contributed by atoms with Crippen molar-refractivity contribution in [2.45, 2.75) is 62.3 Å². The van der Waals surface area contributed by atoms with Crippen molar-refractivity contribution in [2.75, 3.05) is 19.6 Å². The standard InChI is InChI=1S/C27H37N3O3S/c1-20-12-14-25(15-13-20)34(32,33)30-24-16-23(17-28-18-24)27(31)29-19-26(21-8-4-2-5-9-21)22-10-6-3-7-11-22/h2,4-5,8-9,12-15,22-24,26,28,30H,3,6-7,10-11,16-19H2,1H3,(H,29,31)/t23-,24?,26?/m0/s1. The Morgan fingerprint density at radius 3 is 2.41 bits per heavy atom. The van der Waals surface area contributed by atoms with Gasteiger partial charge < -0.3 is 10.6 Å². The number of nitrogens with one attached hydrogen (secondary N) is 3. The van der Waals surface area contributed by atoms with Gasteiger partial charge in [-0.1, -0.05) is 67.3 Å². The van der Waals surface area contributed by atoms with Crippen molar-refractivity contribution in [2.24, 2.45) is 11.8 Å². The number of amides is 1. The fourth-order valence-corrected chi connectivity index (χ4v) is 6.63. The minimum absolute atomic E-state index is 0.00322. The Bertz CT molecular complexity index is 1030. The lowest BCUT2D eigenvalue weighted by atomic mass is 9.76. The highest BCUT2D eigenvalue weighted by molar-refractivity contribution is 7.89. The van der Waals surface area contributed by atoms with Crippen molar-refractivity contribution in [3.63, 3.8) is 0 Å². The summed E-state index contributed by atoms with van der Waals surface area (Å²) in [4.78, 5) is 13.4. The zero-order valence-corrected chi connectivity index (χ0v) is 20.8. The van der Waals surface area contributed by atoms with Gasteiger partial charge in [0.2, 0.25) is 15.9 Å². The lowest BCUT2D eigenvalue weighted by Gasteiger charge is -2.33. The summed E-state index contributed by atoms with van der Waals surface area (Å²) in [6.45, 7) is 3.64. The van der Waals surface area contributed by atoms with E-state index in [0.29, 0.717) is 37.9 Å². The summed E-state index contributed by atoms with van der Waals surface area (Å²) in [5.41, 5.74) is 2.30. The zero-order chi connectivity index (χ0) is 24.0. The van der Waals surface area contributed by atoms with E-state index in [1.807, 2.05) is 13.0 Å². The van der Waals surface area contributed by atoms with Gasteiger partial charge >= 0.3 is 0 Å². The number of aryl methyl sites for hydroxylation is 1. The molecule has 7 heteroatoms. The lowest BCUT2D eigenvalue weighted by molar-refractivity contribution is -0.125. The van der Waals surface area contributed by atoms with E-state index in [1.54, 1.807) is 24.3 Å². The molecule has 1 heterocycles. The lowest BCUT2D eigenvalue weighted by Crippen LogP contribution is -2.52. The summed E-state index contributed by atoms with van der Waals surface area (Å²) in [5.74, 6) is 0.651. The van der Waals surface area contributed by atoms with Gasteiger partial charge in [-0.05, 0) is 49.8 Å². The number of rotatable bonds is 8. The third-order valence-electron chi connectivity index (χ3n) is 7.32. The molecule has 4 rings (SSSR count). The molecule has 1 saturated heterocycles. The molecule has 184 valence electrons. The molecule has 2 aromatic carbocycles. The van der Waals surface area contributed by atoms with E-state index >= 15 is 0 Å². The molecule has 0 spiro atoms. The van der Waals surface area contributed by atoms with Crippen LogP contribution >= 0.6 is 0 Å². The normalized spacial score (nSPS) is 22.7. The maximum atomic E-state index is 13.1. The Morgan fingerprint density at radius 2 is 1.71 bits per heavy atom. The molecule has 1 amide bonds. The molecule has 0 radical (unpaired) electrons. The van der Waals surface area contributed by atoms with E-state index in [0.717, 1.165) is 5.56 Å². The van der Waals surface area contributed by atoms with Gasteiger partial charge in [-0.25, -0.2) is 13.1 Å². The molecule has 2 aliphatic rings. The first kappa shape index (κ1) is 24.9. The Kier molecular flexibility index (Phi) is 8.40. The average molecular weight is 484 g/mol. The summed E-state index contributed by atoms with van der Waals surface area (Å²) < 4.78 is 28.4. The summed E-state index contributed by atoms with van der Waals surface area (Å²) in [7, 11) is -3.62. The highest BCUT2D eigenvalue weighted by Gasteiger charge is 2.31. The van der Waals surface area contributed by atoms with Crippen LogP contribution in [0.25, 0.3) is 0 Å². The van der Waals surface area contributed by atoms with E-state index in [4.69, 9.17) is 0 Å². The van der Waals surface area contributed by atoms with Crippen molar-refractivity contribution < 1.29 is 13.2 Å². The predicted molar refractivity (Wildman–Crippen MR) is 135 cm³/mol. The van der Waals surface area contributed by atoms with Crippen LogP contribution in [-0.4, -0.2) is 40.0 Å². The van der Waals surface area contributed by atoms with Crippen LogP contribution in [0.1, 0.15) is 55.6 Å². The van der Waals surface area contributed by atoms with Crippen LogP contribution in [0.5, 0.6) is 0 Å². The van der Waals surface area contributed by atoms with E-state index in [9.17, 15) is 13.2 Å². The van der Waals surface area contributed by atoms with Gasteiger partial charge in [-0.2, -0.15) is 0 Å².